The van der Waals surface area contributed by atoms with Gasteiger partial charge in [0.05, 0.1) is 26.0 Å². The molecule has 25 heavy (non-hydrogen) atoms. The number of thioether (sulfide) groups is 1. The zero-order valence-corrected chi connectivity index (χ0v) is 15.6. The Kier molecular flexibility index (Phi) is 7.07. The lowest BCUT2D eigenvalue weighted by molar-refractivity contribution is -0.141. The van der Waals surface area contributed by atoms with Crippen molar-refractivity contribution in [2.24, 2.45) is 0 Å². The molecule has 0 fully saturated rings. The van der Waals surface area contributed by atoms with Crippen LogP contribution in [0.4, 0.5) is 0 Å². The molecule has 0 aliphatic heterocycles. The standard InChI is InChI=1S/C20H23NO3S/c1-14-5-4-6-15(11-14)12-19(22)21-18(13-20(23)24-2)16-7-9-17(25-3)10-8-16/h4-11,18H,12-13H2,1-3H3,(H,21,22). The van der Waals surface area contributed by atoms with E-state index in [2.05, 4.69) is 5.32 Å². The van der Waals surface area contributed by atoms with Crippen molar-refractivity contribution in [2.75, 3.05) is 13.4 Å². The van der Waals surface area contributed by atoms with E-state index in [-0.39, 0.29) is 24.7 Å². The van der Waals surface area contributed by atoms with Gasteiger partial charge in [-0.3, -0.25) is 9.59 Å². The molecule has 0 bridgehead atoms. The van der Waals surface area contributed by atoms with Gasteiger partial charge in [0.1, 0.15) is 0 Å². The molecule has 2 aromatic carbocycles. The molecule has 132 valence electrons. The van der Waals surface area contributed by atoms with Gasteiger partial charge >= 0.3 is 5.97 Å². The van der Waals surface area contributed by atoms with Gasteiger partial charge in [-0.2, -0.15) is 0 Å². The fourth-order valence-electron chi connectivity index (χ4n) is 2.59. The van der Waals surface area contributed by atoms with Gasteiger partial charge < -0.3 is 10.1 Å². The summed E-state index contributed by atoms with van der Waals surface area (Å²) in [6, 6.07) is 15.3. The van der Waals surface area contributed by atoms with Crippen LogP contribution in [-0.2, 0) is 20.7 Å². The van der Waals surface area contributed by atoms with Gasteiger partial charge in [0.15, 0.2) is 0 Å². The van der Waals surface area contributed by atoms with Crippen molar-refractivity contribution in [2.45, 2.75) is 30.7 Å². The zero-order chi connectivity index (χ0) is 18.2. The van der Waals surface area contributed by atoms with Crippen LogP contribution < -0.4 is 5.32 Å². The number of ether oxygens (including phenoxy) is 1. The number of amides is 1. The van der Waals surface area contributed by atoms with Crippen molar-refractivity contribution >= 4 is 23.6 Å². The Morgan fingerprint density at radius 2 is 1.88 bits per heavy atom. The van der Waals surface area contributed by atoms with Crippen LogP contribution in [0.5, 0.6) is 0 Å². The number of hydrogen-bond acceptors (Lipinski definition) is 4. The van der Waals surface area contributed by atoms with Crippen molar-refractivity contribution in [3.8, 4) is 0 Å². The molecule has 5 heteroatoms. The van der Waals surface area contributed by atoms with Gasteiger partial charge in [-0.25, -0.2) is 0 Å². The summed E-state index contributed by atoms with van der Waals surface area (Å²) in [6.07, 6.45) is 2.39. The molecule has 2 rings (SSSR count). The summed E-state index contributed by atoms with van der Waals surface area (Å²) in [7, 11) is 1.35. The number of esters is 1. The lowest BCUT2D eigenvalue weighted by Crippen LogP contribution is -2.31. The van der Waals surface area contributed by atoms with E-state index in [9.17, 15) is 9.59 Å². The van der Waals surface area contributed by atoms with Crippen LogP contribution in [0.15, 0.2) is 53.4 Å². The number of methoxy groups -OCH3 is 1. The van der Waals surface area contributed by atoms with Crippen molar-refractivity contribution in [1.82, 2.24) is 5.32 Å². The summed E-state index contributed by atoms with van der Waals surface area (Å²) in [4.78, 5) is 25.3. The first-order chi connectivity index (χ1) is 12.0. The first kappa shape index (κ1) is 19.1. The average Bonchev–Trinajstić information content (AvgIpc) is 2.61. The molecule has 2 aromatic rings. The van der Waals surface area contributed by atoms with E-state index in [1.165, 1.54) is 7.11 Å². The van der Waals surface area contributed by atoms with E-state index < -0.39 is 6.04 Å². The fraction of sp³-hybridized carbons (Fsp3) is 0.300. The van der Waals surface area contributed by atoms with Crippen molar-refractivity contribution in [1.29, 1.82) is 0 Å². The SMILES string of the molecule is COC(=O)CC(NC(=O)Cc1cccc(C)c1)c1ccc(SC)cc1. The molecule has 0 aliphatic carbocycles. The summed E-state index contributed by atoms with van der Waals surface area (Å²) in [5.41, 5.74) is 2.96. The second-order valence-electron chi connectivity index (χ2n) is 5.84. The first-order valence-corrected chi connectivity index (χ1v) is 9.30. The van der Waals surface area contributed by atoms with Crippen LogP contribution in [0.2, 0.25) is 0 Å². The maximum atomic E-state index is 12.4. The average molecular weight is 357 g/mol. The van der Waals surface area contributed by atoms with Crippen LogP contribution in [0.3, 0.4) is 0 Å². The van der Waals surface area contributed by atoms with Crippen LogP contribution in [0.25, 0.3) is 0 Å². The third kappa shape index (κ3) is 5.94. The summed E-state index contributed by atoms with van der Waals surface area (Å²) >= 11 is 1.65. The predicted octanol–water partition coefficient (Wildman–Crippen LogP) is 3.68. The minimum absolute atomic E-state index is 0.106. The Morgan fingerprint density at radius 1 is 1.16 bits per heavy atom. The van der Waals surface area contributed by atoms with Crippen molar-refractivity contribution in [3.05, 3.63) is 65.2 Å². The number of carbonyl (C=O) groups is 2. The molecule has 0 aliphatic rings. The molecular weight excluding hydrogens is 334 g/mol. The van der Waals surface area contributed by atoms with Gasteiger partial charge in [0.25, 0.3) is 0 Å². The molecule has 0 radical (unpaired) electrons. The minimum Gasteiger partial charge on any atom is -0.469 e. The Morgan fingerprint density at radius 3 is 2.48 bits per heavy atom. The van der Waals surface area contributed by atoms with Crippen LogP contribution in [0, 0.1) is 6.92 Å². The summed E-state index contributed by atoms with van der Waals surface area (Å²) in [5, 5.41) is 2.96. The summed E-state index contributed by atoms with van der Waals surface area (Å²) in [5.74, 6) is -0.469. The van der Waals surface area contributed by atoms with Gasteiger partial charge in [0, 0.05) is 4.90 Å². The smallest absolute Gasteiger partial charge is 0.307 e. The molecule has 0 saturated heterocycles. The quantitative estimate of drug-likeness (QED) is 0.607. The molecule has 0 spiro atoms. The first-order valence-electron chi connectivity index (χ1n) is 8.07. The Bertz CT molecular complexity index is 728. The summed E-state index contributed by atoms with van der Waals surface area (Å²) < 4.78 is 4.77. The Labute approximate surface area is 153 Å². The molecule has 1 N–H and O–H groups in total. The second kappa shape index (κ2) is 9.28. The van der Waals surface area contributed by atoms with Crippen molar-refractivity contribution < 1.29 is 14.3 Å². The highest BCUT2D eigenvalue weighted by atomic mass is 32.2. The molecule has 0 saturated carbocycles. The molecule has 1 amide bonds. The maximum Gasteiger partial charge on any atom is 0.307 e. The van der Waals surface area contributed by atoms with Crippen LogP contribution >= 0.6 is 11.8 Å². The molecular formula is C20H23NO3S. The molecule has 0 heterocycles. The van der Waals surface area contributed by atoms with E-state index in [0.717, 1.165) is 21.6 Å². The number of hydrogen-bond donors (Lipinski definition) is 1. The third-order valence-electron chi connectivity index (χ3n) is 3.90. The van der Waals surface area contributed by atoms with Gasteiger partial charge in [-0.15, -0.1) is 11.8 Å². The monoisotopic (exact) mass is 357 g/mol. The van der Waals surface area contributed by atoms with Gasteiger partial charge in [-0.05, 0) is 36.4 Å². The van der Waals surface area contributed by atoms with E-state index >= 15 is 0 Å². The lowest BCUT2D eigenvalue weighted by atomic mass is 10.0. The fourth-order valence-corrected chi connectivity index (χ4v) is 3.00. The van der Waals surface area contributed by atoms with E-state index in [1.807, 2.05) is 61.7 Å². The van der Waals surface area contributed by atoms with Crippen LogP contribution in [0.1, 0.15) is 29.2 Å². The number of rotatable bonds is 7. The highest BCUT2D eigenvalue weighted by Crippen LogP contribution is 2.22. The Balaban J connectivity index is 2.11. The molecule has 1 unspecified atom stereocenters. The Hall–Kier alpha value is -2.27. The van der Waals surface area contributed by atoms with Crippen LogP contribution in [-0.4, -0.2) is 25.2 Å². The minimum atomic E-state index is -0.402. The molecule has 0 aromatic heterocycles. The van der Waals surface area contributed by atoms with Crippen molar-refractivity contribution in [3.63, 3.8) is 0 Å². The topological polar surface area (TPSA) is 55.4 Å². The number of aryl methyl sites for hydroxylation is 1. The lowest BCUT2D eigenvalue weighted by Gasteiger charge is -2.18. The van der Waals surface area contributed by atoms with Gasteiger partial charge in [-0.1, -0.05) is 42.0 Å². The molecule has 1 atom stereocenters. The van der Waals surface area contributed by atoms with Gasteiger partial charge in [0.2, 0.25) is 5.91 Å². The highest BCUT2D eigenvalue weighted by molar-refractivity contribution is 7.98. The second-order valence-corrected chi connectivity index (χ2v) is 6.72. The normalized spacial score (nSPS) is 11.6. The number of benzene rings is 2. The summed E-state index contributed by atoms with van der Waals surface area (Å²) in [6.45, 7) is 1.99. The zero-order valence-electron chi connectivity index (χ0n) is 14.7. The van der Waals surface area contributed by atoms with E-state index in [1.54, 1.807) is 11.8 Å². The largest absolute Gasteiger partial charge is 0.469 e. The van der Waals surface area contributed by atoms with E-state index in [0.29, 0.717) is 0 Å². The maximum absolute atomic E-state index is 12.4. The number of nitrogens with one attached hydrogen (secondary N) is 1. The number of carbonyl (C=O) groups excluding carboxylic acids is 2. The van der Waals surface area contributed by atoms with E-state index in [4.69, 9.17) is 4.74 Å². The predicted molar refractivity (Wildman–Crippen MR) is 101 cm³/mol. The molecule has 4 nitrogen and oxygen atoms in total. The third-order valence-corrected chi connectivity index (χ3v) is 4.64. The highest BCUT2D eigenvalue weighted by Gasteiger charge is 2.19.